The minimum Gasteiger partial charge on any atom is -0.308 e. The second kappa shape index (κ2) is 5.73. The van der Waals surface area contributed by atoms with Crippen LogP contribution in [-0.4, -0.2) is 10.9 Å². The van der Waals surface area contributed by atoms with Crippen LogP contribution in [0.25, 0.3) is 0 Å². The minimum absolute atomic E-state index is 0.0195. The van der Waals surface area contributed by atoms with Gasteiger partial charge in [0.05, 0.1) is 0 Å². The van der Waals surface area contributed by atoms with Crippen LogP contribution in [-0.2, 0) is 6.54 Å². The molecule has 0 heterocycles. The number of nitrogens with one attached hydrogen (secondary N) is 1. The number of rotatable bonds is 5. The Hall–Kier alpha value is -0.480. The van der Waals surface area contributed by atoms with Crippen molar-refractivity contribution in [2.75, 3.05) is 5.33 Å². The van der Waals surface area contributed by atoms with Crippen molar-refractivity contribution in [3.8, 4) is 0 Å². The Balaban J connectivity index is 2.57. The van der Waals surface area contributed by atoms with Crippen LogP contribution in [0.3, 0.4) is 0 Å². The van der Waals surface area contributed by atoms with E-state index < -0.39 is 11.6 Å². The normalized spacial score (nSPS) is 11.8. The fourth-order valence-electron chi connectivity index (χ4n) is 1.32. The Bertz CT molecular complexity index is 353. The molecular formula is C12H16BrF2N. The summed E-state index contributed by atoms with van der Waals surface area (Å²) >= 11 is 3.38. The van der Waals surface area contributed by atoms with E-state index in [9.17, 15) is 8.78 Å². The van der Waals surface area contributed by atoms with Crippen molar-refractivity contribution in [1.82, 2.24) is 5.32 Å². The topological polar surface area (TPSA) is 12.0 Å². The highest BCUT2D eigenvalue weighted by Gasteiger charge is 2.15. The van der Waals surface area contributed by atoms with Crippen LogP contribution in [0.4, 0.5) is 8.78 Å². The van der Waals surface area contributed by atoms with Crippen molar-refractivity contribution >= 4 is 15.9 Å². The van der Waals surface area contributed by atoms with Crippen molar-refractivity contribution in [2.45, 2.75) is 32.4 Å². The van der Waals surface area contributed by atoms with Crippen molar-refractivity contribution in [3.05, 3.63) is 35.4 Å². The average molecular weight is 292 g/mol. The molecule has 0 saturated carbocycles. The molecule has 16 heavy (non-hydrogen) atoms. The summed E-state index contributed by atoms with van der Waals surface area (Å²) < 4.78 is 25.6. The van der Waals surface area contributed by atoms with Gasteiger partial charge in [-0.1, -0.05) is 22.0 Å². The van der Waals surface area contributed by atoms with Crippen molar-refractivity contribution in [3.63, 3.8) is 0 Å². The Morgan fingerprint density at radius 2 is 1.94 bits per heavy atom. The highest BCUT2D eigenvalue weighted by Crippen LogP contribution is 2.13. The molecule has 90 valence electrons. The highest BCUT2D eigenvalue weighted by atomic mass is 79.9. The lowest BCUT2D eigenvalue weighted by Gasteiger charge is -2.25. The van der Waals surface area contributed by atoms with Gasteiger partial charge in [0.1, 0.15) is 0 Å². The molecule has 1 rings (SSSR count). The van der Waals surface area contributed by atoms with Gasteiger partial charge in [0, 0.05) is 17.4 Å². The van der Waals surface area contributed by atoms with Crippen LogP contribution in [0, 0.1) is 11.6 Å². The van der Waals surface area contributed by atoms with Crippen LogP contribution >= 0.6 is 15.9 Å². The van der Waals surface area contributed by atoms with Gasteiger partial charge in [0.25, 0.3) is 0 Å². The summed E-state index contributed by atoms with van der Waals surface area (Å²) in [7, 11) is 0. The van der Waals surface area contributed by atoms with Gasteiger partial charge < -0.3 is 5.32 Å². The zero-order chi connectivity index (χ0) is 12.2. The van der Waals surface area contributed by atoms with Crippen LogP contribution in [0.15, 0.2) is 18.2 Å². The molecule has 0 aliphatic heterocycles. The Morgan fingerprint density at radius 3 is 2.50 bits per heavy atom. The first-order valence-electron chi connectivity index (χ1n) is 5.19. The fourth-order valence-corrected chi connectivity index (χ4v) is 2.31. The molecule has 0 atom stereocenters. The minimum atomic E-state index is -0.802. The number of hydrogen-bond acceptors (Lipinski definition) is 1. The number of hydrogen-bond donors (Lipinski definition) is 1. The Morgan fingerprint density at radius 1 is 1.25 bits per heavy atom. The van der Waals surface area contributed by atoms with E-state index in [-0.39, 0.29) is 5.54 Å². The first kappa shape index (κ1) is 13.6. The molecule has 0 aromatic heterocycles. The summed E-state index contributed by atoms with van der Waals surface area (Å²) in [6.07, 6.45) is 0.969. The van der Waals surface area contributed by atoms with Gasteiger partial charge in [0.15, 0.2) is 11.6 Å². The summed E-state index contributed by atoms with van der Waals surface area (Å²) in [4.78, 5) is 0. The van der Waals surface area contributed by atoms with Gasteiger partial charge in [-0.2, -0.15) is 0 Å². The summed E-state index contributed by atoms with van der Waals surface area (Å²) in [6, 6.07) is 3.98. The van der Waals surface area contributed by atoms with E-state index in [0.717, 1.165) is 23.4 Å². The van der Waals surface area contributed by atoms with Gasteiger partial charge in [-0.25, -0.2) is 8.78 Å². The zero-order valence-corrected chi connectivity index (χ0v) is 11.1. The second-order valence-corrected chi connectivity index (χ2v) is 5.22. The molecule has 0 amide bonds. The maximum absolute atomic E-state index is 12.9. The lowest BCUT2D eigenvalue weighted by Crippen LogP contribution is -2.39. The molecule has 0 saturated heterocycles. The molecule has 0 aliphatic rings. The van der Waals surface area contributed by atoms with Crippen LogP contribution < -0.4 is 5.32 Å². The van der Waals surface area contributed by atoms with Crippen LogP contribution in [0.2, 0.25) is 0 Å². The number of alkyl halides is 1. The standard InChI is InChI=1S/C12H16BrF2N/c1-12(2,5-6-13)16-8-9-3-4-10(14)11(15)7-9/h3-4,7,16H,5-6,8H2,1-2H3. The van der Waals surface area contributed by atoms with E-state index in [2.05, 4.69) is 35.1 Å². The third-order valence-electron chi connectivity index (χ3n) is 2.47. The Kier molecular flexibility index (Phi) is 4.87. The molecule has 1 aromatic carbocycles. The van der Waals surface area contributed by atoms with Gasteiger partial charge in [0.2, 0.25) is 0 Å². The van der Waals surface area contributed by atoms with E-state index in [1.807, 2.05) is 0 Å². The zero-order valence-electron chi connectivity index (χ0n) is 9.49. The van der Waals surface area contributed by atoms with E-state index in [1.165, 1.54) is 6.07 Å². The third kappa shape index (κ3) is 4.18. The summed E-state index contributed by atoms with van der Waals surface area (Å²) in [5.41, 5.74) is 0.732. The summed E-state index contributed by atoms with van der Waals surface area (Å²) in [5.74, 6) is -1.60. The molecular weight excluding hydrogens is 276 g/mol. The molecule has 0 unspecified atom stereocenters. The SMILES string of the molecule is CC(C)(CCBr)NCc1ccc(F)c(F)c1. The van der Waals surface area contributed by atoms with E-state index in [0.29, 0.717) is 6.54 Å². The van der Waals surface area contributed by atoms with Crippen LogP contribution in [0.5, 0.6) is 0 Å². The lowest BCUT2D eigenvalue weighted by molar-refractivity contribution is 0.377. The van der Waals surface area contributed by atoms with E-state index in [4.69, 9.17) is 0 Å². The monoisotopic (exact) mass is 291 g/mol. The molecule has 4 heteroatoms. The predicted molar refractivity (Wildman–Crippen MR) is 65.7 cm³/mol. The average Bonchev–Trinajstić information content (AvgIpc) is 2.20. The molecule has 0 fully saturated rings. The van der Waals surface area contributed by atoms with Gasteiger partial charge >= 0.3 is 0 Å². The maximum atomic E-state index is 12.9. The summed E-state index contributed by atoms with van der Waals surface area (Å²) in [6.45, 7) is 4.69. The van der Waals surface area contributed by atoms with Gasteiger partial charge in [-0.3, -0.25) is 0 Å². The molecule has 0 spiro atoms. The summed E-state index contributed by atoms with van der Waals surface area (Å²) in [5, 5.41) is 4.21. The lowest BCUT2D eigenvalue weighted by atomic mass is 10.0. The molecule has 0 bridgehead atoms. The molecule has 0 radical (unpaired) electrons. The van der Waals surface area contributed by atoms with E-state index in [1.54, 1.807) is 6.07 Å². The predicted octanol–water partition coefficient (Wildman–Crippen LogP) is 3.62. The number of halogens is 3. The van der Waals surface area contributed by atoms with Gasteiger partial charge in [-0.05, 0) is 38.0 Å². The highest BCUT2D eigenvalue weighted by molar-refractivity contribution is 9.09. The first-order valence-corrected chi connectivity index (χ1v) is 6.32. The van der Waals surface area contributed by atoms with Crippen molar-refractivity contribution in [1.29, 1.82) is 0 Å². The van der Waals surface area contributed by atoms with Crippen LogP contribution in [0.1, 0.15) is 25.8 Å². The third-order valence-corrected chi connectivity index (χ3v) is 2.87. The molecule has 1 N–H and O–H groups in total. The molecule has 1 nitrogen and oxygen atoms in total. The maximum Gasteiger partial charge on any atom is 0.159 e. The second-order valence-electron chi connectivity index (χ2n) is 4.42. The largest absolute Gasteiger partial charge is 0.308 e. The quantitative estimate of drug-likeness (QED) is 0.817. The van der Waals surface area contributed by atoms with Crippen molar-refractivity contribution in [2.24, 2.45) is 0 Å². The Labute approximate surface area is 103 Å². The molecule has 0 aliphatic carbocycles. The smallest absolute Gasteiger partial charge is 0.159 e. The number of benzene rings is 1. The molecule has 1 aromatic rings. The van der Waals surface area contributed by atoms with Gasteiger partial charge in [-0.15, -0.1) is 0 Å². The van der Waals surface area contributed by atoms with Crippen molar-refractivity contribution < 1.29 is 8.78 Å². The fraction of sp³-hybridized carbons (Fsp3) is 0.500. The van der Waals surface area contributed by atoms with E-state index >= 15 is 0 Å². The first-order chi connectivity index (χ1) is 7.44.